The van der Waals surface area contributed by atoms with Gasteiger partial charge in [0.15, 0.2) is 0 Å². The zero-order valence-corrected chi connectivity index (χ0v) is 11.4. The number of nitrogens with one attached hydrogen (secondary N) is 2. The van der Waals surface area contributed by atoms with E-state index in [9.17, 15) is 8.42 Å². The van der Waals surface area contributed by atoms with Crippen LogP contribution in [-0.2, 0) is 16.6 Å². The summed E-state index contributed by atoms with van der Waals surface area (Å²) in [5.74, 6) is 0.572. The summed E-state index contributed by atoms with van der Waals surface area (Å²) in [5, 5.41) is 1.72. The first kappa shape index (κ1) is 13.2. The predicted octanol–water partition coefficient (Wildman–Crippen LogP) is 0.969. The van der Waals surface area contributed by atoms with Crippen molar-refractivity contribution in [1.82, 2.24) is 14.7 Å². The molecule has 2 aromatic heterocycles. The van der Waals surface area contributed by atoms with Crippen molar-refractivity contribution in [2.75, 3.05) is 0 Å². The van der Waals surface area contributed by atoms with Crippen LogP contribution in [0.15, 0.2) is 28.7 Å². The lowest BCUT2D eigenvalue weighted by atomic mass is 10.3. The highest BCUT2D eigenvalue weighted by atomic mass is 32.2. The molecule has 0 saturated carbocycles. The summed E-state index contributed by atoms with van der Waals surface area (Å²) < 4.78 is 26.9. The topological polar surface area (TPSA) is 101 Å². The summed E-state index contributed by atoms with van der Waals surface area (Å²) in [6, 6.07) is 1.14. The van der Waals surface area contributed by atoms with E-state index in [-0.39, 0.29) is 11.4 Å². The molecule has 2 heterocycles. The molecule has 0 bridgehead atoms. The van der Waals surface area contributed by atoms with Crippen molar-refractivity contribution < 1.29 is 8.42 Å². The van der Waals surface area contributed by atoms with Gasteiger partial charge < -0.3 is 10.7 Å². The van der Waals surface area contributed by atoms with E-state index in [1.807, 2.05) is 0 Å². The van der Waals surface area contributed by atoms with Crippen molar-refractivity contribution in [3.63, 3.8) is 0 Å². The second-order valence-corrected chi connectivity index (χ2v) is 6.41. The number of hydrogen-bond acceptors (Lipinski definition) is 5. The number of imidazole rings is 1. The van der Waals surface area contributed by atoms with Gasteiger partial charge in [-0.05, 0) is 18.4 Å². The van der Waals surface area contributed by atoms with E-state index in [1.165, 1.54) is 11.3 Å². The molecule has 2 aromatic rings. The van der Waals surface area contributed by atoms with E-state index in [2.05, 4.69) is 14.7 Å². The molecule has 8 heteroatoms. The number of aromatic amines is 1. The number of thiophene rings is 1. The van der Waals surface area contributed by atoms with Crippen LogP contribution < -0.4 is 10.5 Å². The van der Waals surface area contributed by atoms with E-state index < -0.39 is 16.1 Å². The van der Waals surface area contributed by atoms with Gasteiger partial charge in [-0.3, -0.25) is 0 Å². The minimum atomic E-state index is -3.56. The molecule has 18 heavy (non-hydrogen) atoms. The quantitative estimate of drug-likeness (QED) is 0.762. The smallest absolute Gasteiger partial charge is 0.242 e. The molecule has 1 unspecified atom stereocenters. The van der Waals surface area contributed by atoms with E-state index in [0.29, 0.717) is 10.7 Å². The van der Waals surface area contributed by atoms with E-state index in [1.54, 1.807) is 30.8 Å². The van der Waals surface area contributed by atoms with Crippen molar-refractivity contribution in [2.45, 2.75) is 24.4 Å². The minimum Gasteiger partial charge on any atom is -0.347 e. The van der Waals surface area contributed by atoms with Crippen LogP contribution in [0.5, 0.6) is 0 Å². The molecule has 0 aliphatic heterocycles. The second-order valence-electron chi connectivity index (χ2n) is 3.73. The Morgan fingerprint density at radius 1 is 1.61 bits per heavy atom. The van der Waals surface area contributed by atoms with Crippen LogP contribution in [0.3, 0.4) is 0 Å². The largest absolute Gasteiger partial charge is 0.347 e. The first-order valence-corrected chi connectivity index (χ1v) is 7.69. The van der Waals surface area contributed by atoms with Gasteiger partial charge in [0.25, 0.3) is 0 Å². The van der Waals surface area contributed by atoms with Crippen molar-refractivity contribution in [2.24, 2.45) is 5.73 Å². The van der Waals surface area contributed by atoms with Crippen LogP contribution in [0.1, 0.15) is 23.7 Å². The van der Waals surface area contributed by atoms with Crippen LogP contribution in [0.25, 0.3) is 0 Å². The Bertz CT molecular complexity index is 604. The number of aromatic nitrogens is 2. The summed E-state index contributed by atoms with van der Waals surface area (Å²) >= 11 is 1.33. The van der Waals surface area contributed by atoms with Gasteiger partial charge in [0.05, 0.1) is 10.9 Å². The highest BCUT2D eigenvalue weighted by molar-refractivity contribution is 7.89. The van der Waals surface area contributed by atoms with Crippen molar-refractivity contribution >= 4 is 21.4 Å². The lowest BCUT2D eigenvalue weighted by Crippen LogP contribution is -2.28. The maximum atomic E-state index is 12.2. The SMILES string of the molecule is CC(NS(=O)(=O)c1ccsc1CN)c1ncc[nH]1. The number of H-pyrrole nitrogens is 1. The number of nitrogens with two attached hydrogens (primary N) is 1. The van der Waals surface area contributed by atoms with Gasteiger partial charge in [-0.25, -0.2) is 18.1 Å². The van der Waals surface area contributed by atoms with Gasteiger partial charge in [0.2, 0.25) is 10.0 Å². The maximum Gasteiger partial charge on any atom is 0.242 e. The van der Waals surface area contributed by atoms with Crippen molar-refractivity contribution in [3.8, 4) is 0 Å². The fourth-order valence-electron chi connectivity index (χ4n) is 1.58. The molecule has 0 saturated heterocycles. The molecule has 2 rings (SSSR count). The molecule has 0 aliphatic carbocycles. The lowest BCUT2D eigenvalue weighted by molar-refractivity contribution is 0.560. The normalized spacial score (nSPS) is 13.7. The lowest BCUT2D eigenvalue weighted by Gasteiger charge is -2.12. The fraction of sp³-hybridized carbons (Fsp3) is 0.300. The summed E-state index contributed by atoms with van der Waals surface area (Å²) in [6.07, 6.45) is 3.23. The second kappa shape index (κ2) is 5.19. The van der Waals surface area contributed by atoms with Crippen LogP contribution >= 0.6 is 11.3 Å². The maximum absolute atomic E-state index is 12.2. The zero-order valence-electron chi connectivity index (χ0n) is 9.75. The first-order chi connectivity index (χ1) is 8.54. The Hall–Kier alpha value is -1.22. The molecule has 0 aliphatic rings. The third kappa shape index (κ3) is 2.61. The molecule has 98 valence electrons. The zero-order chi connectivity index (χ0) is 13.2. The van der Waals surface area contributed by atoms with Crippen LogP contribution in [0.2, 0.25) is 0 Å². The highest BCUT2D eigenvalue weighted by Gasteiger charge is 2.22. The Balaban J connectivity index is 2.23. The minimum absolute atomic E-state index is 0.211. The molecule has 0 amide bonds. The van der Waals surface area contributed by atoms with Crippen molar-refractivity contribution in [1.29, 1.82) is 0 Å². The number of rotatable bonds is 5. The predicted molar refractivity (Wildman–Crippen MR) is 69.5 cm³/mol. The summed E-state index contributed by atoms with van der Waals surface area (Å²) in [5.41, 5.74) is 5.52. The van der Waals surface area contributed by atoms with Gasteiger partial charge in [-0.15, -0.1) is 11.3 Å². The molecular formula is C10H14N4O2S2. The van der Waals surface area contributed by atoms with Crippen LogP contribution in [0.4, 0.5) is 0 Å². The summed E-state index contributed by atoms with van der Waals surface area (Å²) in [6.45, 7) is 1.94. The molecule has 0 radical (unpaired) electrons. The average molecular weight is 286 g/mol. The van der Waals surface area contributed by atoms with Gasteiger partial charge in [0, 0.05) is 23.8 Å². The Labute approximate surface area is 109 Å². The van der Waals surface area contributed by atoms with E-state index >= 15 is 0 Å². The Kier molecular flexibility index (Phi) is 3.81. The third-order valence-corrected chi connectivity index (χ3v) is 5.14. The van der Waals surface area contributed by atoms with Gasteiger partial charge in [0.1, 0.15) is 5.82 Å². The average Bonchev–Trinajstić information content (AvgIpc) is 2.99. The molecule has 0 spiro atoms. The van der Waals surface area contributed by atoms with Crippen molar-refractivity contribution in [3.05, 3.63) is 34.5 Å². The Morgan fingerprint density at radius 3 is 3.00 bits per heavy atom. The molecular weight excluding hydrogens is 272 g/mol. The number of hydrogen-bond donors (Lipinski definition) is 3. The molecule has 0 aromatic carbocycles. The molecule has 4 N–H and O–H groups in total. The highest BCUT2D eigenvalue weighted by Crippen LogP contribution is 2.22. The number of sulfonamides is 1. The molecule has 0 fully saturated rings. The fourth-order valence-corrected chi connectivity index (χ4v) is 4.13. The molecule has 6 nitrogen and oxygen atoms in total. The standard InChI is InChI=1S/C10H14N4O2S2/c1-7(10-12-3-4-13-10)14-18(15,16)9-2-5-17-8(9)6-11/h2-5,7,14H,6,11H2,1H3,(H,12,13). The van der Waals surface area contributed by atoms with E-state index in [0.717, 1.165) is 0 Å². The van der Waals surface area contributed by atoms with Crippen LogP contribution in [-0.4, -0.2) is 18.4 Å². The number of nitrogens with zero attached hydrogens (tertiary/aromatic N) is 1. The van der Waals surface area contributed by atoms with Crippen LogP contribution in [0, 0.1) is 0 Å². The molecule has 1 atom stereocenters. The Morgan fingerprint density at radius 2 is 2.39 bits per heavy atom. The summed E-state index contributed by atoms with van der Waals surface area (Å²) in [7, 11) is -3.56. The van der Waals surface area contributed by atoms with Gasteiger partial charge in [-0.1, -0.05) is 0 Å². The van der Waals surface area contributed by atoms with E-state index in [4.69, 9.17) is 5.73 Å². The van der Waals surface area contributed by atoms with Gasteiger partial charge in [-0.2, -0.15) is 0 Å². The summed E-state index contributed by atoms with van der Waals surface area (Å²) in [4.78, 5) is 7.78. The first-order valence-electron chi connectivity index (χ1n) is 5.32. The third-order valence-electron chi connectivity index (χ3n) is 2.44. The van der Waals surface area contributed by atoms with Gasteiger partial charge >= 0.3 is 0 Å². The monoisotopic (exact) mass is 286 g/mol.